The molecular weight excluding hydrogens is 310 g/mol. The van der Waals surface area contributed by atoms with Crippen molar-refractivity contribution in [2.45, 2.75) is 12.5 Å². The van der Waals surface area contributed by atoms with Crippen molar-refractivity contribution >= 4 is 27.5 Å². The standard InChI is InChI=1S/C17H15N3O2S/c21-17(12-1-2-15-16(9-12)23-11-19-15)20-8-5-14(10-20)22-13-3-6-18-7-4-13/h1-4,6-7,9,11,14H,5,8,10H2/t14-/m1/s1. The molecule has 1 aliphatic rings. The second-order valence-corrected chi connectivity index (χ2v) is 6.38. The summed E-state index contributed by atoms with van der Waals surface area (Å²) >= 11 is 1.55. The lowest BCUT2D eigenvalue weighted by molar-refractivity contribution is 0.0772. The summed E-state index contributed by atoms with van der Waals surface area (Å²) in [6.07, 6.45) is 4.29. The highest BCUT2D eigenvalue weighted by atomic mass is 32.1. The molecule has 0 N–H and O–H groups in total. The molecule has 3 heterocycles. The number of likely N-dealkylation sites (tertiary alicyclic amines) is 1. The third kappa shape index (κ3) is 2.90. The number of fused-ring (bicyclic) bond motifs is 1. The molecule has 0 bridgehead atoms. The molecule has 3 aromatic rings. The SMILES string of the molecule is O=C(c1ccc2ncsc2c1)N1CC[C@@H](Oc2ccncc2)C1. The molecule has 0 aliphatic carbocycles. The molecule has 1 aliphatic heterocycles. The summed E-state index contributed by atoms with van der Waals surface area (Å²) in [5.41, 5.74) is 3.45. The van der Waals surface area contributed by atoms with Crippen molar-refractivity contribution < 1.29 is 9.53 Å². The Morgan fingerprint density at radius 2 is 2.13 bits per heavy atom. The Bertz CT molecular complexity index is 834. The summed E-state index contributed by atoms with van der Waals surface area (Å²) in [5.74, 6) is 0.853. The van der Waals surface area contributed by atoms with Crippen LogP contribution >= 0.6 is 11.3 Å². The van der Waals surface area contributed by atoms with Gasteiger partial charge in [0, 0.05) is 30.9 Å². The summed E-state index contributed by atoms with van der Waals surface area (Å²) in [4.78, 5) is 22.7. The summed E-state index contributed by atoms with van der Waals surface area (Å²) in [7, 11) is 0. The highest BCUT2D eigenvalue weighted by molar-refractivity contribution is 7.16. The predicted octanol–water partition coefficient (Wildman–Crippen LogP) is 2.98. The first-order valence-electron chi connectivity index (χ1n) is 7.49. The highest BCUT2D eigenvalue weighted by Gasteiger charge is 2.28. The van der Waals surface area contributed by atoms with Gasteiger partial charge < -0.3 is 9.64 Å². The minimum atomic E-state index is 0.0356. The van der Waals surface area contributed by atoms with Crippen molar-refractivity contribution in [1.29, 1.82) is 0 Å². The maximum absolute atomic E-state index is 12.7. The molecule has 0 spiro atoms. The maximum Gasteiger partial charge on any atom is 0.254 e. The van der Waals surface area contributed by atoms with Gasteiger partial charge in [-0.3, -0.25) is 9.78 Å². The number of hydrogen-bond acceptors (Lipinski definition) is 5. The van der Waals surface area contributed by atoms with Crippen LogP contribution in [-0.2, 0) is 0 Å². The number of amides is 1. The summed E-state index contributed by atoms with van der Waals surface area (Å²) < 4.78 is 6.95. The van der Waals surface area contributed by atoms with Crippen LogP contribution in [0.25, 0.3) is 10.2 Å². The first kappa shape index (κ1) is 14.1. The van der Waals surface area contributed by atoms with Crippen molar-refractivity contribution in [2.24, 2.45) is 0 Å². The van der Waals surface area contributed by atoms with E-state index in [0.717, 1.165) is 28.9 Å². The molecule has 0 radical (unpaired) electrons. The van der Waals surface area contributed by atoms with E-state index in [2.05, 4.69) is 9.97 Å². The summed E-state index contributed by atoms with van der Waals surface area (Å²) in [6, 6.07) is 9.35. The van der Waals surface area contributed by atoms with Crippen LogP contribution in [0.15, 0.2) is 48.2 Å². The first-order valence-corrected chi connectivity index (χ1v) is 8.37. The predicted molar refractivity (Wildman–Crippen MR) is 88.8 cm³/mol. The van der Waals surface area contributed by atoms with E-state index in [4.69, 9.17) is 4.74 Å². The number of carbonyl (C=O) groups is 1. The van der Waals surface area contributed by atoms with Gasteiger partial charge in [0.1, 0.15) is 11.9 Å². The lowest BCUT2D eigenvalue weighted by Crippen LogP contribution is -2.30. The van der Waals surface area contributed by atoms with Gasteiger partial charge in [-0.25, -0.2) is 4.98 Å². The number of pyridine rings is 1. The molecule has 23 heavy (non-hydrogen) atoms. The van der Waals surface area contributed by atoms with Crippen molar-refractivity contribution in [3.05, 3.63) is 53.8 Å². The zero-order valence-corrected chi connectivity index (χ0v) is 13.2. The van der Waals surface area contributed by atoms with E-state index < -0.39 is 0 Å². The summed E-state index contributed by atoms with van der Waals surface area (Å²) in [5, 5.41) is 0. The average molecular weight is 325 g/mol. The van der Waals surface area contributed by atoms with E-state index in [0.29, 0.717) is 12.1 Å². The Kier molecular flexibility index (Phi) is 3.67. The topological polar surface area (TPSA) is 55.3 Å². The average Bonchev–Trinajstić information content (AvgIpc) is 3.23. The third-order valence-corrected chi connectivity index (χ3v) is 4.75. The van der Waals surface area contributed by atoms with Gasteiger partial charge in [0.2, 0.25) is 0 Å². The molecule has 0 saturated carbocycles. The van der Waals surface area contributed by atoms with E-state index in [-0.39, 0.29) is 12.0 Å². The smallest absolute Gasteiger partial charge is 0.254 e. The summed E-state index contributed by atoms with van der Waals surface area (Å²) in [6.45, 7) is 1.33. The fourth-order valence-electron chi connectivity index (χ4n) is 2.79. The number of carbonyl (C=O) groups excluding carboxylic acids is 1. The second kappa shape index (κ2) is 5.96. The Labute approximate surface area is 137 Å². The van der Waals surface area contributed by atoms with Gasteiger partial charge in [-0.05, 0) is 30.3 Å². The monoisotopic (exact) mass is 325 g/mol. The molecule has 6 heteroatoms. The van der Waals surface area contributed by atoms with Gasteiger partial charge in [0.05, 0.1) is 22.3 Å². The lowest BCUT2D eigenvalue weighted by atomic mass is 10.2. The van der Waals surface area contributed by atoms with Crippen LogP contribution in [0, 0.1) is 0 Å². The third-order valence-electron chi connectivity index (χ3n) is 3.96. The molecule has 1 saturated heterocycles. The molecule has 4 rings (SSSR count). The van der Waals surface area contributed by atoms with Crippen LogP contribution in [0.2, 0.25) is 0 Å². The van der Waals surface area contributed by atoms with Gasteiger partial charge in [0.25, 0.3) is 5.91 Å². The number of rotatable bonds is 3. The van der Waals surface area contributed by atoms with Crippen LogP contribution in [0.4, 0.5) is 0 Å². The van der Waals surface area contributed by atoms with Crippen molar-refractivity contribution in [3.8, 4) is 5.75 Å². The highest BCUT2D eigenvalue weighted by Crippen LogP contribution is 2.23. The Morgan fingerprint density at radius 1 is 1.26 bits per heavy atom. The number of aromatic nitrogens is 2. The molecule has 2 aromatic heterocycles. The zero-order valence-electron chi connectivity index (χ0n) is 12.4. The normalized spacial score (nSPS) is 17.6. The quantitative estimate of drug-likeness (QED) is 0.743. The second-order valence-electron chi connectivity index (χ2n) is 5.50. The van der Waals surface area contributed by atoms with Gasteiger partial charge in [-0.15, -0.1) is 11.3 Å². The number of ether oxygens (including phenoxy) is 1. The largest absolute Gasteiger partial charge is 0.488 e. The molecule has 1 aromatic carbocycles. The molecule has 0 unspecified atom stereocenters. The van der Waals surface area contributed by atoms with E-state index in [9.17, 15) is 4.79 Å². The van der Waals surface area contributed by atoms with E-state index in [1.165, 1.54) is 0 Å². The van der Waals surface area contributed by atoms with Crippen LogP contribution in [0.1, 0.15) is 16.8 Å². The van der Waals surface area contributed by atoms with E-state index in [1.54, 1.807) is 29.2 Å². The van der Waals surface area contributed by atoms with Crippen LogP contribution < -0.4 is 4.74 Å². The van der Waals surface area contributed by atoms with Crippen molar-refractivity contribution in [1.82, 2.24) is 14.9 Å². The Morgan fingerprint density at radius 3 is 3.00 bits per heavy atom. The van der Waals surface area contributed by atoms with Gasteiger partial charge in [0.15, 0.2) is 0 Å². The van der Waals surface area contributed by atoms with Gasteiger partial charge >= 0.3 is 0 Å². The van der Waals surface area contributed by atoms with E-state index >= 15 is 0 Å². The number of nitrogens with zero attached hydrogens (tertiary/aromatic N) is 3. The Hall–Kier alpha value is -2.47. The number of thiazole rings is 1. The molecule has 1 fully saturated rings. The zero-order chi connectivity index (χ0) is 15.6. The maximum atomic E-state index is 12.7. The van der Waals surface area contributed by atoms with Gasteiger partial charge in [-0.2, -0.15) is 0 Å². The molecule has 116 valence electrons. The van der Waals surface area contributed by atoms with Crippen LogP contribution in [0.5, 0.6) is 5.75 Å². The molecule has 5 nitrogen and oxygen atoms in total. The fourth-order valence-corrected chi connectivity index (χ4v) is 3.51. The van der Waals surface area contributed by atoms with Gasteiger partial charge in [-0.1, -0.05) is 0 Å². The molecule has 1 atom stereocenters. The molecule has 1 amide bonds. The van der Waals surface area contributed by atoms with Crippen LogP contribution in [0.3, 0.4) is 0 Å². The minimum Gasteiger partial charge on any atom is -0.488 e. The fraction of sp³-hybridized carbons (Fsp3) is 0.235. The number of hydrogen-bond donors (Lipinski definition) is 0. The minimum absolute atomic E-state index is 0.0356. The molecular formula is C17H15N3O2S. The van der Waals surface area contributed by atoms with Crippen molar-refractivity contribution in [3.63, 3.8) is 0 Å². The van der Waals surface area contributed by atoms with E-state index in [1.807, 2.05) is 35.2 Å². The number of benzene rings is 1. The van der Waals surface area contributed by atoms with Crippen molar-refractivity contribution in [2.75, 3.05) is 13.1 Å². The first-order chi connectivity index (χ1) is 11.3. The Balaban J connectivity index is 1.45. The van der Waals surface area contributed by atoms with Crippen LogP contribution in [-0.4, -0.2) is 40.0 Å². The lowest BCUT2D eigenvalue weighted by Gasteiger charge is -2.17.